The van der Waals surface area contributed by atoms with E-state index < -0.39 is 17.7 Å². The van der Waals surface area contributed by atoms with E-state index >= 15 is 4.39 Å². The quantitative estimate of drug-likeness (QED) is 0.0694. The number of aliphatic hydroxyl groups is 1. The van der Waals surface area contributed by atoms with Crippen LogP contribution in [0.4, 0.5) is 4.39 Å². The summed E-state index contributed by atoms with van der Waals surface area (Å²) < 4.78 is 16.5. The highest BCUT2D eigenvalue weighted by atomic mass is 35.5. The van der Waals surface area contributed by atoms with Gasteiger partial charge >= 0.3 is 5.69 Å². The fourth-order valence-electron chi connectivity index (χ4n) is 4.45. The van der Waals surface area contributed by atoms with Gasteiger partial charge in [0.25, 0.3) is 0 Å². The molecule has 0 saturated carbocycles. The zero-order valence-corrected chi connectivity index (χ0v) is 23.7. The molecule has 0 aliphatic rings. The minimum atomic E-state index is -0.717. The van der Waals surface area contributed by atoms with Crippen LogP contribution in [0.1, 0.15) is 37.3 Å². The summed E-state index contributed by atoms with van der Waals surface area (Å²) in [6.07, 6.45) is 5.36. The lowest BCUT2D eigenvalue weighted by molar-refractivity contribution is 0.128. The third-order valence-electron chi connectivity index (χ3n) is 6.71. The van der Waals surface area contributed by atoms with Gasteiger partial charge in [0.1, 0.15) is 11.9 Å². The number of nitrogens with zero attached hydrogens (tertiary/aromatic N) is 3. The van der Waals surface area contributed by atoms with Crippen LogP contribution >= 0.6 is 11.6 Å². The van der Waals surface area contributed by atoms with Crippen molar-refractivity contribution in [2.24, 2.45) is 16.5 Å². The Morgan fingerprint density at radius 1 is 1.27 bits per heavy atom. The molecule has 0 bridgehead atoms. The number of halogens is 2. The smallest absolute Gasteiger partial charge is 0.354 e. The molecule has 4 aromatic rings. The Kier molecular flexibility index (Phi) is 10.1. The summed E-state index contributed by atoms with van der Waals surface area (Å²) in [5, 5.41) is 13.8. The second-order valence-electron chi connectivity index (χ2n) is 9.99. The van der Waals surface area contributed by atoms with Crippen molar-refractivity contribution in [1.29, 1.82) is 0 Å². The van der Waals surface area contributed by atoms with Gasteiger partial charge < -0.3 is 21.6 Å². The topological polar surface area (TPSA) is 147 Å². The molecule has 41 heavy (non-hydrogen) atoms. The summed E-state index contributed by atoms with van der Waals surface area (Å²) in [5.41, 5.74) is 14.5. The van der Waals surface area contributed by atoms with Crippen LogP contribution < -0.4 is 22.5 Å². The fraction of sp³-hybridized carbons (Fsp3) is 0.300. The largest absolute Gasteiger partial charge is 0.388 e. The van der Waals surface area contributed by atoms with Gasteiger partial charge in [0, 0.05) is 42.7 Å². The molecule has 0 unspecified atom stereocenters. The van der Waals surface area contributed by atoms with Crippen molar-refractivity contribution < 1.29 is 9.50 Å². The van der Waals surface area contributed by atoms with E-state index in [4.69, 9.17) is 23.1 Å². The first-order valence-corrected chi connectivity index (χ1v) is 13.8. The van der Waals surface area contributed by atoms with E-state index in [-0.39, 0.29) is 11.1 Å². The van der Waals surface area contributed by atoms with Gasteiger partial charge in [-0.15, -0.1) is 6.58 Å². The molecule has 11 heteroatoms. The molecule has 0 aliphatic carbocycles. The second kappa shape index (κ2) is 13.7. The molecule has 0 saturated heterocycles. The van der Waals surface area contributed by atoms with Crippen molar-refractivity contribution in [3.8, 4) is 16.9 Å². The van der Waals surface area contributed by atoms with Gasteiger partial charge in [0.2, 0.25) is 0 Å². The lowest BCUT2D eigenvalue weighted by Crippen LogP contribution is -2.29. The number of amidine groups is 1. The van der Waals surface area contributed by atoms with E-state index in [0.29, 0.717) is 59.7 Å². The predicted octanol–water partition coefficient (Wildman–Crippen LogP) is 4.18. The first-order chi connectivity index (χ1) is 19.6. The number of aliphatic imine (C=N–C) groups is 1. The van der Waals surface area contributed by atoms with Gasteiger partial charge in [0.05, 0.1) is 22.2 Å². The summed E-state index contributed by atoms with van der Waals surface area (Å²) in [7, 11) is 0. The average molecular weight is 580 g/mol. The van der Waals surface area contributed by atoms with E-state index in [2.05, 4.69) is 26.9 Å². The molecule has 0 amide bonds. The molecule has 2 aromatic carbocycles. The van der Waals surface area contributed by atoms with Crippen molar-refractivity contribution in [2.45, 2.75) is 51.4 Å². The Morgan fingerprint density at radius 2 is 2.02 bits per heavy atom. The number of nitrogens with two attached hydrogens (primary N) is 2. The molecule has 2 heterocycles. The summed E-state index contributed by atoms with van der Waals surface area (Å²) in [6.45, 7) is 6.28. The Morgan fingerprint density at radius 3 is 2.73 bits per heavy atom. The molecule has 2 atom stereocenters. The molecule has 2 aromatic heterocycles. The fourth-order valence-corrected chi connectivity index (χ4v) is 4.69. The number of H-pyrrole nitrogens is 1. The van der Waals surface area contributed by atoms with Crippen molar-refractivity contribution in [1.82, 2.24) is 19.9 Å². The van der Waals surface area contributed by atoms with Crippen LogP contribution in [0, 0.1) is 5.82 Å². The number of aryl methyl sites for hydroxylation is 1. The second-order valence-corrected chi connectivity index (χ2v) is 10.4. The summed E-state index contributed by atoms with van der Waals surface area (Å²) in [5.74, 6) is -0.0645. The number of hydrogen-bond acceptors (Lipinski definition) is 6. The Labute approximate surface area is 242 Å². The van der Waals surface area contributed by atoms with E-state index in [9.17, 15) is 9.90 Å². The first-order valence-electron chi connectivity index (χ1n) is 13.4. The van der Waals surface area contributed by atoms with Crippen molar-refractivity contribution in [2.75, 3.05) is 6.54 Å². The Balaban J connectivity index is 1.51. The van der Waals surface area contributed by atoms with Gasteiger partial charge in [-0.1, -0.05) is 29.8 Å². The van der Waals surface area contributed by atoms with Crippen LogP contribution in [0.25, 0.3) is 28.0 Å². The lowest BCUT2D eigenvalue weighted by atomic mass is 10.0. The van der Waals surface area contributed by atoms with Gasteiger partial charge in [-0.25, -0.2) is 9.18 Å². The van der Waals surface area contributed by atoms with Gasteiger partial charge in [-0.2, -0.15) is 4.98 Å². The van der Waals surface area contributed by atoms with E-state index in [1.165, 1.54) is 4.57 Å². The number of aromatic nitrogens is 3. The zero-order chi connectivity index (χ0) is 29.5. The van der Waals surface area contributed by atoms with Gasteiger partial charge in [0.15, 0.2) is 5.82 Å². The van der Waals surface area contributed by atoms with Crippen LogP contribution in [-0.4, -0.2) is 44.3 Å². The Bertz CT molecular complexity index is 1590. The van der Waals surface area contributed by atoms with Gasteiger partial charge in [-0.3, -0.25) is 14.9 Å². The van der Waals surface area contributed by atoms with Gasteiger partial charge in [-0.05, 0) is 67.6 Å². The number of nitrogens with one attached hydrogen (secondary N) is 2. The molecule has 9 nitrogen and oxygen atoms in total. The number of aromatic amines is 1. The molecular formula is C30H35ClFN7O2. The molecule has 0 fully saturated rings. The maximum atomic E-state index is 15.1. The van der Waals surface area contributed by atoms with Crippen LogP contribution in [0.5, 0.6) is 0 Å². The number of benzene rings is 2. The molecule has 216 valence electrons. The molecular weight excluding hydrogens is 545 g/mol. The van der Waals surface area contributed by atoms with Crippen LogP contribution in [-0.2, 0) is 13.0 Å². The highest BCUT2D eigenvalue weighted by Crippen LogP contribution is 2.31. The van der Waals surface area contributed by atoms with Crippen molar-refractivity contribution >= 4 is 28.5 Å². The third kappa shape index (κ3) is 7.89. The maximum absolute atomic E-state index is 15.1. The predicted molar refractivity (Wildman–Crippen MR) is 163 cm³/mol. The van der Waals surface area contributed by atoms with Crippen molar-refractivity contribution in [3.63, 3.8) is 0 Å². The molecule has 0 radical (unpaired) electrons. The normalized spacial score (nSPS) is 13.4. The molecule has 7 N–H and O–H groups in total. The van der Waals surface area contributed by atoms with Crippen LogP contribution in [0.3, 0.4) is 0 Å². The SMILES string of the molecule is C=C[C@H](N)CCCc1cc(Cl)c(F)c(-c2cc3cn(-c4ccc(CN[C@@H](O)CCN=C(C)N)cc4)c(=O)nc3[nH]2)c1. The van der Waals surface area contributed by atoms with Crippen molar-refractivity contribution in [3.05, 3.63) is 93.8 Å². The zero-order valence-electron chi connectivity index (χ0n) is 22.9. The standard InChI is InChI=1S/C30H35ClFN7O2/c1-3-22(34)6-4-5-20-13-24(28(32)25(31)14-20)26-15-21-17-39(30(41)38-29(21)37-26)23-9-7-19(8-10-23)16-36-27(40)11-12-35-18(2)33/h3,7-10,13-15,17,22,27,36,40H,1,4-6,11-12,16,34H2,2H3,(H2,33,35)(H,37,38,41)/t22-,27-/m0/s1. The van der Waals surface area contributed by atoms with E-state index in [1.807, 2.05) is 12.1 Å². The van der Waals surface area contributed by atoms with Crippen LogP contribution in [0.2, 0.25) is 5.02 Å². The lowest BCUT2D eigenvalue weighted by Gasteiger charge is -2.12. The Hall–Kier alpha value is -3.83. The number of aliphatic hydroxyl groups excluding tert-OH is 1. The van der Waals surface area contributed by atoms with E-state index in [0.717, 1.165) is 24.0 Å². The number of fused-ring (bicyclic) bond motifs is 1. The van der Waals surface area contributed by atoms with Crippen LogP contribution in [0.15, 0.2) is 71.1 Å². The highest BCUT2D eigenvalue weighted by Gasteiger charge is 2.16. The molecule has 0 spiro atoms. The summed E-state index contributed by atoms with van der Waals surface area (Å²) >= 11 is 6.23. The van der Waals surface area contributed by atoms with E-state index in [1.54, 1.807) is 49.5 Å². The highest BCUT2D eigenvalue weighted by molar-refractivity contribution is 6.31. The minimum absolute atomic E-state index is 0.0259. The third-order valence-corrected chi connectivity index (χ3v) is 6.99. The monoisotopic (exact) mass is 579 g/mol. The summed E-state index contributed by atoms with van der Waals surface area (Å²) in [4.78, 5) is 24.2. The summed E-state index contributed by atoms with van der Waals surface area (Å²) in [6, 6.07) is 12.4. The molecule has 0 aliphatic heterocycles. The average Bonchev–Trinajstić information content (AvgIpc) is 3.35. The number of rotatable bonds is 13. The first kappa shape index (κ1) is 30.1. The maximum Gasteiger partial charge on any atom is 0.354 e. The number of hydrogen-bond donors (Lipinski definition) is 5. The minimum Gasteiger partial charge on any atom is -0.388 e. The molecule has 4 rings (SSSR count).